The minimum Gasteiger partial charge on any atom is -0.339 e. The molecule has 1 aliphatic carbocycles. The van der Waals surface area contributed by atoms with Crippen molar-refractivity contribution in [3.63, 3.8) is 0 Å². The number of urea groups is 1. The van der Waals surface area contributed by atoms with Gasteiger partial charge in [0.05, 0.1) is 0 Å². The van der Waals surface area contributed by atoms with Gasteiger partial charge in [0, 0.05) is 61.9 Å². The van der Waals surface area contributed by atoms with Crippen molar-refractivity contribution in [1.29, 1.82) is 0 Å². The molecule has 0 bridgehead atoms. The summed E-state index contributed by atoms with van der Waals surface area (Å²) in [6.07, 6.45) is 0.334. The van der Waals surface area contributed by atoms with Crippen molar-refractivity contribution in [3.05, 3.63) is 22.3 Å². The predicted octanol–water partition coefficient (Wildman–Crippen LogP) is 1.05. The van der Waals surface area contributed by atoms with E-state index in [0.717, 1.165) is 0 Å². The number of rotatable bonds is 3. The number of hydrogen-bond donors (Lipinski definition) is 1. The second-order valence-electron chi connectivity index (χ2n) is 6.49. The van der Waals surface area contributed by atoms with Crippen molar-refractivity contribution < 1.29 is 19.2 Å². The van der Waals surface area contributed by atoms with E-state index in [0.29, 0.717) is 61.4 Å². The highest BCUT2D eigenvalue weighted by Crippen LogP contribution is 2.25. The van der Waals surface area contributed by atoms with Crippen LogP contribution in [-0.4, -0.2) is 66.0 Å². The Hall–Kier alpha value is -2.44. The van der Waals surface area contributed by atoms with Crippen LogP contribution in [-0.2, 0) is 14.4 Å². The first-order valence-corrected chi connectivity index (χ1v) is 8.49. The van der Waals surface area contributed by atoms with E-state index in [2.05, 4.69) is 5.32 Å². The largest absolute Gasteiger partial charge is 0.339 e. The van der Waals surface area contributed by atoms with Gasteiger partial charge in [0.15, 0.2) is 11.6 Å². The molecule has 1 aliphatic heterocycles. The van der Waals surface area contributed by atoms with Crippen LogP contribution in [0.1, 0.15) is 34.1 Å². The lowest BCUT2D eigenvalue weighted by molar-refractivity contribution is -0.130. The van der Waals surface area contributed by atoms with Gasteiger partial charge < -0.3 is 15.1 Å². The highest BCUT2D eigenvalue weighted by Gasteiger charge is 2.28. The summed E-state index contributed by atoms with van der Waals surface area (Å²) < 4.78 is 0. The summed E-state index contributed by atoms with van der Waals surface area (Å²) in [7, 11) is 0. The Kier molecular flexibility index (Phi) is 5.77. The van der Waals surface area contributed by atoms with Gasteiger partial charge in [-0.15, -0.1) is 0 Å². The molecule has 7 nitrogen and oxygen atoms in total. The standard InChI is InChI=1S/C18H25N3O4/c1-11-12(2)17(24)15(13(3)16(11)23)5-6-19-18(25)21-9-7-20(8-10-21)14(4)22/h5-10H2,1-4H3,(H,19,25). The minimum absolute atomic E-state index is 0.0154. The Labute approximate surface area is 147 Å². The Morgan fingerprint density at radius 3 is 1.96 bits per heavy atom. The molecule has 0 aromatic rings. The maximum Gasteiger partial charge on any atom is 0.317 e. The van der Waals surface area contributed by atoms with Crippen LogP contribution >= 0.6 is 0 Å². The molecule has 0 radical (unpaired) electrons. The molecule has 0 unspecified atom stereocenters. The molecule has 3 amide bonds. The number of carbonyl (C=O) groups excluding carboxylic acids is 4. The monoisotopic (exact) mass is 347 g/mol. The molecule has 0 aromatic carbocycles. The maximum atomic E-state index is 12.3. The molecular formula is C18H25N3O4. The Balaban J connectivity index is 1.87. The highest BCUT2D eigenvalue weighted by molar-refractivity contribution is 6.24. The van der Waals surface area contributed by atoms with E-state index in [4.69, 9.17) is 0 Å². The van der Waals surface area contributed by atoms with Crippen LogP contribution in [0.2, 0.25) is 0 Å². The average molecular weight is 347 g/mol. The van der Waals surface area contributed by atoms with Crippen LogP contribution in [0.15, 0.2) is 22.3 Å². The molecule has 0 aromatic heterocycles. The Morgan fingerprint density at radius 1 is 0.880 bits per heavy atom. The molecule has 2 aliphatic rings. The van der Waals surface area contributed by atoms with Crippen LogP contribution < -0.4 is 5.32 Å². The molecule has 1 fully saturated rings. The maximum absolute atomic E-state index is 12.3. The smallest absolute Gasteiger partial charge is 0.317 e. The van der Waals surface area contributed by atoms with Crippen LogP contribution in [0, 0.1) is 0 Å². The molecule has 25 heavy (non-hydrogen) atoms. The zero-order chi connectivity index (χ0) is 18.7. The Bertz CT molecular complexity index is 682. The van der Waals surface area contributed by atoms with Crippen LogP contribution in [0.5, 0.6) is 0 Å². The van der Waals surface area contributed by atoms with Gasteiger partial charge in [-0.25, -0.2) is 4.79 Å². The summed E-state index contributed by atoms with van der Waals surface area (Å²) >= 11 is 0. The van der Waals surface area contributed by atoms with E-state index >= 15 is 0 Å². The number of allylic oxidation sites excluding steroid dienone is 3. The van der Waals surface area contributed by atoms with Crippen molar-refractivity contribution in [3.8, 4) is 0 Å². The van der Waals surface area contributed by atoms with Crippen molar-refractivity contribution in [2.75, 3.05) is 32.7 Å². The van der Waals surface area contributed by atoms with Crippen LogP contribution in [0.4, 0.5) is 4.79 Å². The molecule has 136 valence electrons. The molecular weight excluding hydrogens is 322 g/mol. The zero-order valence-corrected chi connectivity index (χ0v) is 15.3. The molecule has 0 atom stereocenters. The number of hydrogen-bond acceptors (Lipinski definition) is 4. The summed E-state index contributed by atoms with van der Waals surface area (Å²) in [6, 6.07) is -0.209. The number of Topliss-reactive ketones (excluding diaryl/α,β-unsaturated/α-hetero) is 2. The summed E-state index contributed by atoms with van der Waals surface area (Å²) in [5.41, 5.74) is 1.93. The van der Waals surface area contributed by atoms with E-state index < -0.39 is 0 Å². The fourth-order valence-corrected chi connectivity index (χ4v) is 3.09. The normalized spacial score (nSPS) is 18.9. The molecule has 0 spiro atoms. The minimum atomic E-state index is -0.209. The quantitative estimate of drug-likeness (QED) is 0.773. The van der Waals surface area contributed by atoms with E-state index in [1.54, 1.807) is 30.6 Å². The van der Waals surface area contributed by atoms with Crippen molar-refractivity contribution >= 4 is 23.5 Å². The number of nitrogens with one attached hydrogen (secondary N) is 1. The first-order chi connectivity index (χ1) is 11.7. The SMILES string of the molecule is CC(=O)N1CCN(C(=O)NCCC2=C(C)C(=O)C(C)=C(C)C2=O)CC1. The van der Waals surface area contributed by atoms with Crippen molar-refractivity contribution in [2.24, 2.45) is 0 Å². The molecule has 2 rings (SSSR count). The second kappa shape index (κ2) is 7.63. The summed E-state index contributed by atoms with van der Waals surface area (Å²) in [6.45, 7) is 8.85. The lowest BCUT2D eigenvalue weighted by Crippen LogP contribution is -2.52. The molecule has 1 N–H and O–H groups in total. The fraction of sp³-hybridized carbons (Fsp3) is 0.556. The summed E-state index contributed by atoms with van der Waals surface area (Å²) in [4.78, 5) is 51.3. The molecule has 1 saturated heterocycles. The van der Waals surface area contributed by atoms with Gasteiger partial charge in [0.25, 0.3) is 0 Å². The van der Waals surface area contributed by atoms with Gasteiger partial charge in [-0.05, 0) is 27.2 Å². The van der Waals surface area contributed by atoms with E-state index in [1.165, 1.54) is 6.92 Å². The number of carbonyl (C=O) groups is 4. The lowest BCUT2D eigenvalue weighted by Gasteiger charge is -2.34. The van der Waals surface area contributed by atoms with Gasteiger partial charge >= 0.3 is 6.03 Å². The summed E-state index contributed by atoms with van der Waals surface area (Å²) in [5, 5.41) is 2.80. The first-order valence-electron chi connectivity index (χ1n) is 8.49. The number of amides is 3. The topological polar surface area (TPSA) is 86.8 Å². The number of piperazine rings is 1. The van der Waals surface area contributed by atoms with Crippen molar-refractivity contribution in [2.45, 2.75) is 34.1 Å². The third kappa shape index (κ3) is 3.97. The number of ketones is 2. The van der Waals surface area contributed by atoms with Gasteiger partial charge in [-0.1, -0.05) is 0 Å². The van der Waals surface area contributed by atoms with E-state index in [1.807, 2.05) is 0 Å². The first kappa shape index (κ1) is 18.9. The second-order valence-corrected chi connectivity index (χ2v) is 6.49. The zero-order valence-electron chi connectivity index (χ0n) is 15.3. The third-order valence-corrected chi connectivity index (χ3v) is 4.97. The molecule has 7 heteroatoms. The number of nitrogens with zero attached hydrogens (tertiary/aromatic N) is 2. The summed E-state index contributed by atoms with van der Waals surface area (Å²) in [5.74, 6) is -0.195. The predicted molar refractivity (Wildman–Crippen MR) is 92.9 cm³/mol. The molecule has 0 saturated carbocycles. The fourth-order valence-electron chi connectivity index (χ4n) is 3.09. The highest BCUT2D eigenvalue weighted by atomic mass is 16.2. The Morgan fingerprint density at radius 2 is 1.40 bits per heavy atom. The van der Waals surface area contributed by atoms with Gasteiger partial charge in [-0.2, -0.15) is 0 Å². The van der Waals surface area contributed by atoms with Crippen molar-refractivity contribution in [1.82, 2.24) is 15.1 Å². The third-order valence-electron chi connectivity index (χ3n) is 4.97. The average Bonchev–Trinajstić information content (AvgIpc) is 2.61. The van der Waals surface area contributed by atoms with Gasteiger partial charge in [0.1, 0.15) is 0 Å². The lowest BCUT2D eigenvalue weighted by atomic mass is 9.84. The van der Waals surface area contributed by atoms with Gasteiger partial charge in [0.2, 0.25) is 5.91 Å². The molecule has 1 heterocycles. The van der Waals surface area contributed by atoms with E-state index in [9.17, 15) is 19.2 Å². The van der Waals surface area contributed by atoms with Gasteiger partial charge in [-0.3, -0.25) is 14.4 Å². The van der Waals surface area contributed by atoms with Crippen LogP contribution in [0.25, 0.3) is 0 Å². The van der Waals surface area contributed by atoms with Crippen LogP contribution in [0.3, 0.4) is 0 Å². The van der Waals surface area contributed by atoms with E-state index in [-0.39, 0.29) is 23.5 Å².